The van der Waals surface area contributed by atoms with E-state index in [4.69, 9.17) is 19.0 Å². The maximum Gasteiger partial charge on any atom is 0.330 e. The van der Waals surface area contributed by atoms with Gasteiger partial charge in [-0.2, -0.15) is 0 Å². The first-order valence-electron chi connectivity index (χ1n) is 13.9. The van der Waals surface area contributed by atoms with Gasteiger partial charge in [-0.1, -0.05) is 84.9 Å². The molecule has 0 aliphatic carbocycles. The Labute approximate surface area is 246 Å². The molecule has 0 aromatic heterocycles. The maximum absolute atomic E-state index is 15.1. The van der Waals surface area contributed by atoms with Crippen molar-refractivity contribution in [3.05, 3.63) is 114 Å². The molecule has 5 aromatic rings. The number of hydrogen-bond donors (Lipinski definition) is 0. The van der Waals surface area contributed by atoms with E-state index in [1.807, 2.05) is 45.7 Å². The highest BCUT2D eigenvalue weighted by Crippen LogP contribution is 2.59. The molecule has 42 heavy (non-hydrogen) atoms. The van der Waals surface area contributed by atoms with E-state index in [1.165, 1.54) is 0 Å². The third-order valence-corrected chi connectivity index (χ3v) is 10.4. The van der Waals surface area contributed by atoms with E-state index in [0.29, 0.717) is 49.0 Å². The molecule has 0 spiro atoms. The zero-order valence-corrected chi connectivity index (χ0v) is 25.0. The lowest BCUT2D eigenvalue weighted by atomic mass is 10.0. The van der Waals surface area contributed by atoms with Crippen LogP contribution < -0.4 is 14.2 Å². The lowest BCUT2D eigenvalue weighted by molar-refractivity contribution is 0.324. The van der Waals surface area contributed by atoms with Crippen LogP contribution in [-0.4, -0.2) is 50.0 Å². The maximum atomic E-state index is 15.1. The fraction of sp³-hybridized carbons (Fsp3) is 0.206. The molecule has 1 fully saturated rings. The van der Waals surface area contributed by atoms with Crippen molar-refractivity contribution in [3.8, 4) is 17.2 Å². The summed E-state index contributed by atoms with van der Waals surface area (Å²) in [5.41, 5.74) is 2.97. The Hall–Kier alpha value is -4.16. The molecule has 1 aliphatic rings. The van der Waals surface area contributed by atoms with Crippen LogP contribution in [0.5, 0.6) is 17.2 Å². The SMILES string of the molecule is COc1cc(/C=N/P2(=O)N(Cc3cccc4ccccc34)CCN2Cc2cccc3ccccc23)cc(OC)c1OC. The molecule has 0 saturated carbocycles. The van der Waals surface area contributed by atoms with Gasteiger partial charge in [-0.05, 0) is 44.8 Å². The van der Waals surface area contributed by atoms with Crippen LogP contribution in [0.25, 0.3) is 21.5 Å². The summed E-state index contributed by atoms with van der Waals surface area (Å²) in [5.74, 6) is 1.53. The Bertz CT molecular complexity index is 1690. The van der Waals surface area contributed by atoms with Crippen LogP contribution in [0, 0.1) is 0 Å². The molecule has 0 unspecified atom stereocenters. The first-order valence-corrected chi connectivity index (χ1v) is 15.5. The number of ether oxygens (including phenoxy) is 3. The van der Waals surface area contributed by atoms with Gasteiger partial charge in [0.15, 0.2) is 11.5 Å². The highest BCUT2D eigenvalue weighted by atomic mass is 31.2. The number of methoxy groups -OCH3 is 3. The molecular formula is C34H34N3O4P. The lowest BCUT2D eigenvalue weighted by Gasteiger charge is -2.27. The van der Waals surface area contributed by atoms with Gasteiger partial charge < -0.3 is 14.2 Å². The Morgan fingerprint density at radius 2 is 1.17 bits per heavy atom. The Balaban J connectivity index is 1.40. The zero-order chi connectivity index (χ0) is 29.1. The second kappa shape index (κ2) is 12.0. The van der Waals surface area contributed by atoms with E-state index in [0.717, 1.165) is 32.7 Å². The number of rotatable bonds is 9. The summed E-state index contributed by atoms with van der Waals surface area (Å²) in [7, 11) is 1.34. The van der Waals surface area contributed by atoms with Crippen LogP contribution in [0.15, 0.2) is 102 Å². The summed E-state index contributed by atoms with van der Waals surface area (Å²) >= 11 is 0. The average molecular weight is 580 g/mol. The molecule has 0 amide bonds. The van der Waals surface area contributed by atoms with Gasteiger partial charge >= 0.3 is 7.59 Å². The number of hydrogen-bond acceptors (Lipinski definition) is 4. The summed E-state index contributed by atoms with van der Waals surface area (Å²) in [4.78, 5) is 0. The normalized spacial score (nSPS) is 15.5. The predicted molar refractivity (Wildman–Crippen MR) is 170 cm³/mol. The van der Waals surface area contributed by atoms with Crippen molar-refractivity contribution >= 4 is 35.4 Å². The molecule has 8 heteroatoms. The van der Waals surface area contributed by atoms with Crippen molar-refractivity contribution in [2.24, 2.45) is 4.76 Å². The molecule has 7 nitrogen and oxygen atoms in total. The van der Waals surface area contributed by atoms with Crippen LogP contribution in [0.3, 0.4) is 0 Å². The largest absolute Gasteiger partial charge is 0.493 e. The lowest BCUT2D eigenvalue weighted by Crippen LogP contribution is -2.19. The van der Waals surface area contributed by atoms with E-state index < -0.39 is 7.59 Å². The molecule has 0 radical (unpaired) electrons. The molecule has 1 aliphatic heterocycles. The molecule has 0 bridgehead atoms. The average Bonchev–Trinajstić information content (AvgIpc) is 3.33. The van der Waals surface area contributed by atoms with Crippen LogP contribution in [-0.2, 0) is 17.7 Å². The highest BCUT2D eigenvalue weighted by molar-refractivity contribution is 7.58. The van der Waals surface area contributed by atoms with Crippen molar-refractivity contribution in [1.82, 2.24) is 9.34 Å². The standard InChI is InChI=1S/C34H34N3O4P/c1-39-32-20-25(21-33(40-2)34(32)41-3)22-35-42(38)36(23-28-14-8-12-26-10-4-6-16-30(26)28)18-19-37(42)24-29-15-9-13-27-11-5-7-17-31(27)29/h4-17,20-22H,18-19,23-24H2,1-3H3/b35-22+. The van der Waals surface area contributed by atoms with Crippen LogP contribution in [0.4, 0.5) is 0 Å². The highest BCUT2D eigenvalue weighted by Gasteiger charge is 2.43. The monoisotopic (exact) mass is 579 g/mol. The minimum Gasteiger partial charge on any atom is -0.493 e. The molecule has 214 valence electrons. The van der Waals surface area contributed by atoms with Gasteiger partial charge in [0.25, 0.3) is 0 Å². The molecule has 0 atom stereocenters. The minimum absolute atomic E-state index is 0.500. The zero-order valence-electron chi connectivity index (χ0n) is 24.1. The first kappa shape index (κ1) is 28.0. The fourth-order valence-corrected chi connectivity index (χ4v) is 8.04. The first-order chi connectivity index (χ1) is 20.5. The number of fused-ring (bicyclic) bond motifs is 2. The van der Waals surface area contributed by atoms with Crippen molar-refractivity contribution in [2.75, 3.05) is 34.4 Å². The summed E-state index contributed by atoms with van der Waals surface area (Å²) < 4.78 is 40.6. The summed E-state index contributed by atoms with van der Waals surface area (Å²) in [6.07, 6.45) is 1.67. The molecule has 1 saturated heterocycles. The van der Waals surface area contributed by atoms with Crippen LogP contribution in [0.1, 0.15) is 16.7 Å². The van der Waals surface area contributed by atoms with Gasteiger partial charge in [0.05, 0.1) is 21.3 Å². The van der Waals surface area contributed by atoms with Crippen molar-refractivity contribution in [2.45, 2.75) is 13.1 Å². The van der Waals surface area contributed by atoms with Crippen LogP contribution >= 0.6 is 7.59 Å². The Morgan fingerprint density at radius 1 is 0.690 bits per heavy atom. The second-order valence-electron chi connectivity index (χ2n) is 10.3. The van der Waals surface area contributed by atoms with Crippen molar-refractivity contribution in [3.63, 3.8) is 0 Å². The van der Waals surface area contributed by atoms with E-state index >= 15 is 4.57 Å². The van der Waals surface area contributed by atoms with Crippen molar-refractivity contribution < 1.29 is 18.8 Å². The van der Waals surface area contributed by atoms with Crippen molar-refractivity contribution in [1.29, 1.82) is 0 Å². The van der Waals surface area contributed by atoms with Gasteiger partial charge in [0.1, 0.15) is 0 Å². The third kappa shape index (κ3) is 5.27. The predicted octanol–water partition coefficient (Wildman–Crippen LogP) is 7.56. The van der Waals surface area contributed by atoms with Gasteiger partial charge in [-0.3, -0.25) is 4.57 Å². The summed E-state index contributed by atoms with van der Waals surface area (Å²) in [6.45, 7) is 2.32. The fourth-order valence-electron chi connectivity index (χ4n) is 5.73. The van der Waals surface area contributed by atoms with Gasteiger partial charge in [-0.25, -0.2) is 14.1 Å². The molecular weight excluding hydrogens is 545 g/mol. The Kier molecular flexibility index (Phi) is 7.98. The quantitative estimate of drug-likeness (QED) is 0.133. The van der Waals surface area contributed by atoms with E-state index in [-0.39, 0.29) is 0 Å². The molecule has 0 N–H and O–H groups in total. The number of benzene rings is 5. The second-order valence-corrected chi connectivity index (χ2v) is 12.7. The number of nitrogens with zero attached hydrogens (tertiary/aromatic N) is 3. The minimum atomic E-state index is -3.39. The topological polar surface area (TPSA) is 63.6 Å². The molecule has 6 rings (SSSR count). The molecule has 1 heterocycles. The van der Waals surface area contributed by atoms with E-state index in [1.54, 1.807) is 27.5 Å². The van der Waals surface area contributed by atoms with Gasteiger partial charge in [0, 0.05) is 38.0 Å². The van der Waals surface area contributed by atoms with E-state index in [9.17, 15) is 0 Å². The van der Waals surface area contributed by atoms with Gasteiger partial charge in [0.2, 0.25) is 5.75 Å². The molecule has 5 aromatic carbocycles. The third-order valence-electron chi connectivity index (χ3n) is 7.86. The van der Waals surface area contributed by atoms with Gasteiger partial charge in [-0.15, -0.1) is 0 Å². The smallest absolute Gasteiger partial charge is 0.330 e. The Morgan fingerprint density at radius 3 is 1.64 bits per heavy atom. The summed E-state index contributed by atoms with van der Waals surface area (Å²) in [6, 6.07) is 32.8. The van der Waals surface area contributed by atoms with E-state index in [2.05, 4.69) is 60.7 Å². The summed E-state index contributed by atoms with van der Waals surface area (Å²) in [5, 5.41) is 4.65. The van der Waals surface area contributed by atoms with Crippen LogP contribution in [0.2, 0.25) is 0 Å².